The first-order chi connectivity index (χ1) is 8.62. The van der Waals surface area contributed by atoms with Gasteiger partial charge in [0.2, 0.25) is 0 Å². The van der Waals surface area contributed by atoms with Gasteiger partial charge in [-0.25, -0.2) is 0 Å². The van der Waals surface area contributed by atoms with Crippen LogP contribution in [-0.4, -0.2) is 17.6 Å². The van der Waals surface area contributed by atoms with Crippen molar-refractivity contribution in [2.75, 3.05) is 6.54 Å². The molecule has 2 rings (SSSR count). The second-order valence-electron chi connectivity index (χ2n) is 5.31. The number of nitrogens with two attached hydrogens (primary N) is 1. The monoisotopic (exact) mass is 247 g/mol. The van der Waals surface area contributed by atoms with E-state index in [1.165, 1.54) is 0 Å². The summed E-state index contributed by atoms with van der Waals surface area (Å²) in [5.41, 5.74) is 7.50. The number of aryl methyl sites for hydroxylation is 1. The predicted molar refractivity (Wildman–Crippen MR) is 71.5 cm³/mol. The third-order valence-electron chi connectivity index (χ3n) is 4.39. The summed E-state index contributed by atoms with van der Waals surface area (Å²) < 4.78 is 0. The number of aliphatic carboxylic acids is 1. The second kappa shape index (κ2) is 5.11. The van der Waals surface area contributed by atoms with Crippen molar-refractivity contribution >= 4 is 5.97 Å². The minimum atomic E-state index is -0.682. The van der Waals surface area contributed by atoms with E-state index in [0.717, 1.165) is 36.8 Å². The maximum absolute atomic E-state index is 11.8. The highest BCUT2D eigenvalue weighted by atomic mass is 16.4. The molecule has 98 valence electrons. The van der Waals surface area contributed by atoms with E-state index in [1.807, 2.05) is 31.2 Å². The van der Waals surface area contributed by atoms with E-state index in [2.05, 4.69) is 0 Å². The van der Waals surface area contributed by atoms with Crippen LogP contribution in [0.15, 0.2) is 24.3 Å². The van der Waals surface area contributed by atoms with Crippen molar-refractivity contribution in [2.45, 2.75) is 38.5 Å². The van der Waals surface area contributed by atoms with Crippen LogP contribution in [-0.2, 0) is 4.79 Å². The molecule has 1 atom stereocenters. The number of hydrogen-bond donors (Lipinski definition) is 2. The topological polar surface area (TPSA) is 63.3 Å². The van der Waals surface area contributed by atoms with Crippen LogP contribution < -0.4 is 5.73 Å². The quantitative estimate of drug-likeness (QED) is 0.859. The van der Waals surface area contributed by atoms with Gasteiger partial charge in [-0.3, -0.25) is 4.79 Å². The highest BCUT2D eigenvalue weighted by Crippen LogP contribution is 2.49. The molecular weight excluding hydrogens is 226 g/mol. The molecule has 3 N–H and O–H groups in total. The zero-order valence-corrected chi connectivity index (χ0v) is 10.9. The minimum absolute atomic E-state index is 0.0706. The van der Waals surface area contributed by atoms with Gasteiger partial charge in [0.15, 0.2) is 0 Å². The highest BCUT2D eigenvalue weighted by Gasteiger charge is 2.48. The predicted octanol–water partition coefficient (Wildman–Crippen LogP) is 2.68. The lowest BCUT2D eigenvalue weighted by Gasteiger charge is -2.34. The van der Waals surface area contributed by atoms with Gasteiger partial charge in [-0.2, -0.15) is 0 Å². The Bertz CT molecular complexity index is 436. The molecule has 0 spiro atoms. The van der Waals surface area contributed by atoms with Crippen molar-refractivity contribution in [1.29, 1.82) is 0 Å². The van der Waals surface area contributed by atoms with E-state index in [0.29, 0.717) is 6.54 Å². The van der Waals surface area contributed by atoms with Crippen molar-refractivity contribution in [3.8, 4) is 0 Å². The van der Waals surface area contributed by atoms with Gasteiger partial charge in [0.25, 0.3) is 0 Å². The summed E-state index contributed by atoms with van der Waals surface area (Å²) in [6, 6.07) is 8.00. The molecule has 1 aromatic rings. The Hall–Kier alpha value is -1.35. The van der Waals surface area contributed by atoms with Crippen LogP contribution in [0.2, 0.25) is 0 Å². The molecule has 0 heterocycles. The summed E-state index contributed by atoms with van der Waals surface area (Å²) in [5.74, 6) is -0.752. The first-order valence-electron chi connectivity index (χ1n) is 6.61. The van der Waals surface area contributed by atoms with Crippen molar-refractivity contribution in [3.05, 3.63) is 35.4 Å². The van der Waals surface area contributed by atoms with Crippen LogP contribution >= 0.6 is 0 Å². The molecule has 0 aliphatic heterocycles. The smallest absolute Gasteiger partial charge is 0.310 e. The Kier molecular flexibility index (Phi) is 3.71. The van der Waals surface area contributed by atoms with E-state index in [1.54, 1.807) is 0 Å². The largest absolute Gasteiger partial charge is 0.481 e. The lowest BCUT2D eigenvalue weighted by atomic mass is 9.70. The van der Waals surface area contributed by atoms with Crippen LogP contribution in [0, 0.1) is 12.3 Å². The number of carboxylic acid groups (broad SMARTS) is 1. The second-order valence-corrected chi connectivity index (χ2v) is 5.31. The van der Waals surface area contributed by atoms with Gasteiger partial charge in [-0.05, 0) is 30.9 Å². The molecule has 1 saturated carbocycles. The molecule has 0 radical (unpaired) electrons. The molecule has 1 aliphatic rings. The minimum Gasteiger partial charge on any atom is -0.481 e. The highest BCUT2D eigenvalue weighted by molar-refractivity contribution is 5.76. The average Bonchev–Trinajstić information content (AvgIpc) is 2.83. The third-order valence-corrected chi connectivity index (χ3v) is 4.39. The first-order valence-corrected chi connectivity index (χ1v) is 6.61. The normalized spacial score (nSPS) is 19.7. The number of carbonyl (C=O) groups is 1. The van der Waals surface area contributed by atoms with E-state index in [-0.39, 0.29) is 5.92 Å². The summed E-state index contributed by atoms with van der Waals surface area (Å²) >= 11 is 0. The van der Waals surface area contributed by atoms with Crippen LogP contribution in [0.1, 0.15) is 42.7 Å². The van der Waals surface area contributed by atoms with Gasteiger partial charge >= 0.3 is 5.97 Å². The summed E-state index contributed by atoms with van der Waals surface area (Å²) in [7, 11) is 0. The van der Waals surface area contributed by atoms with Gasteiger partial charge in [-0.1, -0.05) is 37.1 Å². The average molecular weight is 247 g/mol. The van der Waals surface area contributed by atoms with Gasteiger partial charge in [-0.15, -0.1) is 0 Å². The Balaban J connectivity index is 2.44. The molecule has 0 bridgehead atoms. The summed E-state index contributed by atoms with van der Waals surface area (Å²) in [6.45, 7) is 2.43. The summed E-state index contributed by atoms with van der Waals surface area (Å²) in [5, 5.41) is 9.66. The lowest BCUT2D eigenvalue weighted by Crippen LogP contribution is -2.38. The molecule has 0 aromatic heterocycles. The van der Waals surface area contributed by atoms with Crippen molar-refractivity contribution in [3.63, 3.8) is 0 Å². The van der Waals surface area contributed by atoms with E-state index >= 15 is 0 Å². The zero-order valence-electron chi connectivity index (χ0n) is 10.9. The molecule has 18 heavy (non-hydrogen) atoms. The molecule has 1 unspecified atom stereocenters. The third kappa shape index (κ3) is 2.03. The van der Waals surface area contributed by atoms with E-state index in [9.17, 15) is 9.90 Å². The Labute approximate surface area is 108 Å². The van der Waals surface area contributed by atoms with E-state index in [4.69, 9.17) is 5.73 Å². The zero-order chi connectivity index (χ0) is 13.2. The fourth-order valence-corrected chi connectivity index (χ4v) is 3.35. The number of hydrogen-bond acceptors (Lipinski definition) is 2. The van der Waals surface area contributed by atoms with Gasteiger partial charge < -0.3 is 10.8 Å². The molecule has 1 fully saturated rings. The molecule has 3 nitrogen and oxygen atoms in total. The Morgan fingerprint density at radius 2 is 2.00 bits per heavy atom. The summed E-state index contributed by atoms with van der Waals surface area (Å²) in [6.07, 6.45) is 3.49. The fraction of sp³-hybridized carbons (Fsp3) is 0.533. The number of benzene rings is 1. The summed E-state index contributed by atoms with van der Waals surface area (Å²) in [4.78, 5) is 11.8. The van der Waals surface area contributed by atoms with Crippen molar-refractivity contribution < 1.29 is 9.90 Å². The van der Waals surface area contributed by atoms with Gasteiger partial charge in [0.1, 0.15) is 0 Å². The maximum atomic E-state index is 11.8. The molecule has 1 aromatic carbocycles. The standard InChI is InChI=1S/C15H21NO2/c1-11-6-2-3-7-12(11)13(10-16)15(14(17)18)8-4-5-9-15/h2-3,6-7,13H,4-5,8-10,16H2,1H3,(H,17,18). The Morgan fingerprint density at radius 3 is 2.50 bits per heavy atom. The van der Waals surface area contributed by atoms with Crippen LogP contribution in [0.25, 0.3) is 0 Å². The number of carboxylic acids is 1. The van der Waals surface area contributed by atoms with Crippen LogP contribution in [0.4, 0.5) is 0 Å². The molecule has 1 aliphatic carbocycles. The molecular formula is C15H21NO2. The van der Waals surface area contributed by atoms with Gasteiger partial charge in [0.05, 0.1) is 5.41 Å². The van der Waals surface area contributed by atoms with Gasteiger partial charge in [0, 0.05) is 12.5 Å². The maximum Gasteiger partial charge on any atom is 0.310 e. The SMILES string of the molecule is Cc1ccccc1C(CN)C1(C(=O)O)CCCC1. The van der Waals surface area contributed by atoms with Crippen LogP contribution in [0.3, 0.4) is 0 Å². The van der Waals surface area contributed by atoms with Crippen molar-refractivity contribution in [2.24, 2.45) is 11.1 Å². The Morgan fingerprint density at radius 1 is 1.39 bits per heavy atom. The number of rotatable bonds is 4. The van der Waals surface area contributed by atoms with Crippen LogP contribution in [0.5, 0.6) is 0 Å². The fourth-order valence-electron chi connectivity index (χ4n) is 3.35. The van der Waals surface area contributed by atoms with E-state index < -0.39 is 11.4 Å². The lowest BCUT2D eigenvalue weighted by molar-refractivity contribution is -0.150. The van der Waals surface area contributed by atoms with Crippen molar-refractivity contribution in [1.82, 2.24) is 0 Å². The molecule has 0 amide bonds. The first kappa shape index (κ1) is 13.1. The molecule has 0 saturated heterocycles. The molecule has 3 heteroatoms.